The molecule has 412 valence electrons. The van der Waals surface area contributed by atoms with Crippen molar-refractivity contribution >= 4 is 40.1 Å². The molecule has 9 aliphatic rings. The molecule has 3 aliphatic heterocycles. The van der Waals surface area contributed by atoms with Gasteiger partial charge in [-0.15, -0.1) is 0 Å². The number of Topliss-reactive ketones (excluding diaryl/α,β-unsaturated/α-hetero) is 2. The molecule has 3 saturated heterocycles. The number of hydrogen-bond donors (Lipinski definition) is 2. The van der Waals surface area contributed by atoms with Crippen molar-refractivity contribution in [2.75, 3.05) is 6.61 Å². The number of carbonyl (C=O) groups excluding carboxylic acids is 5. The number of carbonyl (C=O) groups is 5. The molecular weight excluding hydrogens is 977 g/mol. The van der Waals surface area contributed by atoms with Crippen LogP contribution in [0.2, 0.25) is 0 Å². The topological polar surface area (TPSA) is 213 Å². The Hall–Kier alpha value is -4.65. The molecule has 0 radical (unpaired) electrons. The minimum absolute atomic E-state index is 0.0444. The van der Waals surface area contributed by atoms with E-state index in [9.17, 15) is 34.2 Å². The summed E-state index contributed by atoms with van der Waals surface area (Å²) in [7, 11) is 0. The van der Waals surface area contributed by atoms with Crippen LogP contribution in [0.25, 0.3) is 10.8 Å². The third kappa shape index (κ3) is 8.23. The Morgan fingerprint density at radius 3 is 1.82 bits per heavy atom. The van der Waals surface area contributed by atoms with Crippen LogP contribution >= 0.6 is 0 Å². The van der Waals surface area contributed by atoms with E-state index in [-0.39, 0.29) is 87.8 Å². The molecule has 2 N–H and O–H groups in total. The first-order valence-electron chi connectivity index (χ1n) is 27.3. The summed E-state index contributed by atoms with van der Waals surface area (Å²) in [5.41, 5.74) is -4.16. The van der Waals surface area contributed by atoms with Gasteiger partial charge in [0.15, 0.2) is 34.2 Å². The van der Waals surface area contributed by atoms with Gasteiger partial charge in [-0.3, -0.25) is 19.2 Å². The fourth-order valence-electron chi connectivity index (χ4n) is 15.7. The molecule has 1 aromatic heterocycles. The number of rotatable bonds is 6. The summed E-state index contributed by atoms with van der Waals surface area (Å²) in [5.74, 6) is -0.542. The van der Waals surface area contributed by atoms with Crippen molar-refractivity contribution in [2.24, 2.45) is 32.5 Å². The molecule has 16 heteroatoms. The maximum Gasteiger partial charge on any atom is 0.341 e. The fourth-order valence-corrected chi connectivity index (χ4v) is 15.7. The normalized spacial score (nSPS) is 40.1. The number of furan rings is 1. The Labute approximate surface area is 444 Å². The van der Waals surface area contributed by atoms with Gasteiger partial charge >= 0.3 is 11.9 Å². The van der Waals surface area contributed by atoms with Gasteiger partial charge in [-0.25, -0.2) is 34.1 Å². The van der Waals surface area contributed by atoms with Gasteiger partial charge in [0.1, 0.15) is 42.4 Å². The molecule has 12 rings (SSSR count). The number of ketones is 3. The molecule has 0 amide bonds. The van der Waals surface area contributed by atoms with E-state index in [1.807, 2.05) is 62.4 Å². The molecule has 12 atom stereocenters. The minimum atomic E-state index is -1.28. The molecule has 16 nitrogen and oxygen atoms in total. The smallest absolute Gasteiger partial charge is 0.341 e. The van der Waals surface area contributed by atoms with E-state index >= 15 is 0 Å². The predicted octanol–water partition coefficient (Wildman–Crippen LogP) is 9.53. The summed E-state index contributed by atoms with van der Waals surface area (Å²) in [5, 5.41) is 22.1. The van der Waals surface area contributed by atoms with E-state index in [1.54, 1.807) is 19.1 Å². The van der Waals surface area contributed by atoms with Gasteiger partial charge in [0.25, 0.3) is 0 Å². The molecular formula is C60H76O16. The summed E-state index contributed by atoms with van der Waals surface area (Å²) in [6, 6.07) is 15.6. The van der Waals surface area contributed by atoms with Crippen molar-refractivity contribution in [3.05, 3.63) is 84.3 Å². The Kier molecular flexibility index (Phi) is 13.7. The van der Waals surface area contributed by atoms with E-state index in [4.69, 9.17) is 43.2 Å². The Morgan fingerprint density at radius 1 is 0.645 bits per heavy atom. The molecule has 6 aliphatic carbocycles. The lowest BCUT2D eigenvalue weighted by molar-refractivity contribution is -0.463. The highest BCUT2D eigenvalue weighted by atomic mass is 17.2. The second-order valence-corrected chi connectivity index (χ2v) is 25.7. The highest BCUT2D eigenvalue weighted by molar-refractivity contribution is 5.99. The second kappa shape index (κ2) is 19.0. The average Bonchev–Trinajstić information content (AvgIpc) is 4.06. The van der Waals surface area contributed by atoms with Crippen LogP contribution in [0.15, 0.2) is 77.6 Å². The van der Waals surface area contributed by atoms with Crippen molar-refractivity contribution in [1.29, 1.82) is 0 Å². The molecule has 5 saturated carbocycles. The quantitative estimate of drug-likeness (QED) is 0.174. The van der Waals surface area contributed by atoms with E-state index in [0.29, 0.717) is 63.4 Å². The summed E-state index contributed by atoms with van der Waals surface area (Å²) in [6.07, 6.45) is 13.0. The molecule has 2 aromatic carbocycles. The van der Waals surface area contributed by atoms with Crippen LogP contribution in [0.3, 0.4) is 0 Å². The summed E-state index contributed by atoms with van der Waals surface area (Å²) in [4.78, 5) is 96.5. The lowest BCUT2D eigenvalue weighted by Gasteiger charge is -2.64. The predicted molar refractivity (Wildman–Crippen MR) is 273 cm³/mol. The zero-order valence-corrected chi connectivity index (χ0v) is 45.5. The monoisotopic (exact) mass is 1050 g/mol. The van der Waals surface area contributed by atoms with Gasteiger partial charge in [-0.05, 0) is 136 Å². The van der Waals surface area contributed by atoms with Crippen LogP contribution in [-0.4, -0.2) is 99.0 Å². The van der Waals surface area contributed by atoms with E-state index in [0.717, 1.165) is 42.0 Å². The van der Waals surface area contributed by atoms with E-state index in [1.165, 1.54) is 12.5 Å². The minimum Gasteiger partial charge on any atom is -0.472 e. The number of aliphatic hydroxyl groups excluding tert-OH is 1. The van der Waals surface area contributed by atoms with Crippen LogP contribution in [0.1, 0.15) is 162 Å². The van der Waals surface area contributed by atoms with Crippen LogP contribution in [-0.2, 0) is 64.4 Å². The molecule has 8 fully saturated rings. The van der Waals surface area contributed by atoms with Crippen LogP contribution in [0, 0.1) is 32.5 Å². The van der Waals surface area contributed by atoms with Crippen LogP contribution in [0.4, 0.5) is 0 Å². The number of ether oxygens (including phenoxy) is 2. The highest BCUT2D eigenvalue weighted by Crippen LogP contribution is 2.67. The number of esters is 2. The van der Waals surface area contributed by atoms with Crippen molar-refractivity contribution in [3.63, 3.8) is 0 Å². The molecule has 76 heavy (non-hydrogen) atoms. The Bertz CT molecular complexity index is 2790. The van der Waals surface area contributed by atoms with Crippen LogP contribution < -0.4 is 0 Å². The third-order valence-electron chi connectivity index (χ3n) is 21.3. The zero-order chi connectivity index (χ0) is 54.5. The van der Waals surface area contributed by atoms with Gasteiger partial charge < -0.3 is 24.1 Å². The number of aliphatic hydroxyl groups is 2. The largest absolute Gasteiger partial charge is 0.472 e. The average molecular weight is 1050 g/mol. The van der Waals surface area contributed by atoms with Gasteiger partial charge in [-0.1, -0.05) is 90.1 Å². The molecule has 6 unspecified atom stereocenters. The molecule has 4 heterocycles. The fraction of sp³-hybridized carbons (Fsp3) is 0.650. The number of allylic oxidation sites excluding steroid dienone is 1. The number of fused-ring (bicyclic) bond motifs is 4. The van der Waals surface area contributed by atoms with Crippen molar-refractivity contribution in [1.82, 2.24) is 0 Å². The number of hydrogen-bond acceptors (Lipinski definition) is 16. The van der Waals surface area contributed by atoms with Gasteiger partial charge in [0.05, 0.1) is 24.9 Å². The van der Waals surface area contributed by atoms with Gasteiger partial charge in [0.2, 0.25) is 0 Å². The summed E-state index contributed by atoms with van der Waals surface area (Å²) < 4.78 is 16.5. The first-order valence-corrected chi connectivity index (χ1v) is 27.3. The first kappa shape index (κ1) is 54.7. The first-order chi connectivity index (χ1) is 35.8. The van der Waals surface area contributed by atoms with Crippen molar-refractivity contribution in [2.45, 2.75) is 205 Å². The van der Waals surface area contributed by atoms with Gasteiger partial charge in [-0.2, -0.15) is 0 Å². The Morgan fingerprint density at radius 2 is 1.22 bits per heavy atom. The number of benzene rings is 2. The standard InChI is InChI=1S/C26H30O5.C19H24O6.C15H22O5/c1-24(2)13-12-22(27)25(3)26(24)14-11-20(21(16-26)30-31-25)29-23(28)15-18-9-6-8-17-7-4-5-10-19(17)18;1-17(2)7-5-15(20)18(3)19(17)8-4-13(14(10-19)24-25-18)23-16(21)12-6-9-22-11-12;1-12(2)5-4-10(17)13(3)15(12)7-6-14(18,9-16)11(8-15)19-20-13/h4-10,20-21H,11-16H2,1-3H3;6,9,11,13-14H,4-5,7-8,10H2,1-3H3;4-5,11,16,18H,6-9H2,1-3H3/t20?,21?,25-,26+;13?,14?,18-,19+;11?,13-,14?,15-/m111/s1. The van der Waals surface area contributed by atoms with Gasteiger partial charge in [0, 0.05) is 29.1 Å². The van der Waals surface area contributed by atoms with Crippen LogP contribution in [0.5, 0.6) is 0 Å². The second-order valence-electron chi connectivity index (χ2n) is 25.7. The lowest BCUT2D eigenvalue weighted by atomic mass is 9.45. The SMILES string of the molecule is CC1(C)C=CC(=O)[C@@]2(C)OOC3C[C@]12CCC3(O)CO.CC1(C)CCC(=O)[C@@]2(C)OOC3C[C@@]12CCC3OC(=O)Cc1cccc2ccccc12.CC1(C)CCC(=O)[C@@]2(C)OOC3C[C@@]12CCC3OC(=O)c1ccoc1. The molecule has 3 aromatic rings. The third-order valence-corrected chi connectivity index (χ3v) is 21.3. The molecule has 3 spiro atoms. The zero-order valence-electron chi connectivity index (χ0n) is 45.5. The summed E-state index contributed by atoms with van der Waals surface area (Å²) in [6.45, 7) is 18.2. The maximum absolute atomic E-state index is 12.8. The lowest BCUT2D eigenvalue weighted by Crippen LogP contribution is -2.71. The summed E-state index contributed by atoms with van der Waals surface area (Å²) >= 11 is 0. The Balaban J connectivity index is 0.000000133. The van der Waals surface area contributed by atoms with Crippen molar-refractivity contribution < 1.29 is 77.4 Å². The van der Waals surface area contributed by atoms with E-state index in [2.05, 4.69) is 41.5 Å². The van der Waals surface area contributed by atoms with Crippen molar-refractivity contribution in [3.8, 4) is 0 Å². The van der Waals surface area contributed by atoms with E-state index < -0.39 is 39.9 Å². The molecule has 6 bridgehead atoms. The highest BCUT2D eigenvalue weighted by Gasteiger charge is 2.72. The maximum atomic E-state index is 12.8.